The number of carbonyl (C=O) groups is 1. The molecule has 0 unspecified atom stereocenters. The minimum Gasteiger partial charge on any atom is -0.508 e. The van der Waals surface area contributed by atoms with Gasteiger partial charge in [-0.2, -0.15) is 0 Å². The molecule has 0 amide bonds. The average molecular weight is 296 g/mol. The Kier molecular flexibility index (Phi) is 3.82. The van der Waals surface area contributed by atoms with Crippen LogP contribution in [0.25, 0.3) is 11.5 Å². The third-order valence-corrected chi connectivity index (χ3v) is 2.90. The van der Waals surface area contributed by atoms with Gasteiger partial charge in [0, 0.05) is 5.56 Å². The largest absolute Gasteiger partial charge is 0.508 e. The lowest BCUT2D eigenvalue weighted by atomic mass is 10.2. The van der Waals surface area contributed by atoms with Crippen molar-refractivity contribution in [1.82, 2.24) is 10.2 Å². The van der Waals surface area contributed by atoms with Crippen LogP contribution in [0.2, 0.25) is 0 Å². The first-order chi connectivity index (χ1) is 10.7. The van der Waals surface area contributed by atoms with E-state index in [9.17, 15) is 9.90 Å². The summed E-state index contributed by atoms with van der Waals surface area (Å²) in [6, 6.07) is 15.2. The number of aromatic nitrogens is 2. The van der Waals surface area contributed by atoms with Crippen LogP contribution in [0.3, 0.4) is 0 Å². The van der Waals surface area contributed by atoms with Crippen molar-refractivity contribution < 1.29 is 19.1 Å². The monoisotopic (exact) mass is 296 g/mol. The van der Waals surface area contributed by atoms with Crippen molar-refractivity contribution in [1.29, 1.82) is 0 Å². The quantitative estimate of drug-likeness (QED) is 0.745. The van der Waals surface area contributed by atoms with Crippen molar-refractivity contribution in [2.45, 2.75) is 6.61 Å². The van der Waals surface area contributed by atoms with Crippen LogP contribution >= 0.6 is 0 Å². The summed E-state index contributed by atoms with van der Waals surface area (Å²) in [4.78, 5) is 11.8. The van der Waals surface area contributed by atoms with Crippen LogP contribution in [0.1, 0.15) is 16.2 Å². The van der Waals surface area contributed by atoms with Crippen molar-refractivity contribution in [3.05, 3.63) is 66.1 Å². The van der Waals surface area contributed by atoms with E-state index in [0.29, 0.717) is 5.89 Å². The molecule has 0 saturated carbocycles. The molecule has 3 rings (SSSR count). The summed E-state index contributed by atoms with van der Waals surface area (Å²) in [5.74, 6) is -0.00896. The van der Waals surface area contributed by atoms with E-state index in [0.717, 1.165) is 5.56 Å². The summed E-state index contributed by atoms with van der Waals surface area (Å²) in [5, 5.41) is 17.1. The summed E-state index contributed by atoms with van der Waals surface area (Å²) in [5.41, 5.74) is 1.04. The van der Waals surface area contributed by atoms with E-state index < -0.39 is 5.97 Å². The van der Waals surface area contributed by atoms with Gasteiger partial charge in [-0.3, -0.25) is 0 Å². The van der Waals surface area contributed by atoms with Crippen LogP contribution in [-0.2, 0) is 11.3 Å². The number of esters is 1. The maximum atomic E-state index is 11.8. The molecule has 0 aliphatic carbocycles. The maximum absolute atomic E-state index is 11.8. The smallest absolute Gasteiger partial charge is 0.338 e. The molecule has 6 nitrogen and oxygen atoms in total. The fourth-order valence-electron chi connectivity index (χ4n) is 1.85. The van der Waals surface area contributed by atoms with E-state index in [4.69, 9.17) is 9.15 Å². The topological polar surface area (TPSA) is 85.5 Å². The van der Waals surface area contributed by atoms with Crippen molar-refractivity contribution in [2.24, 2.45) is 0 Å². The number of phenols is 1. The molecular formula is C16H12N2O4. The Morgan fingerprint density at radius 1 is 1.09 bits per heavy atom. The minimum absolute atomic E-state index is 0.00129. The van der Waals surface area contributed by atoms with E-state index in [1.165, 1.54) is 12.1 Å². The van der Waals surface area contributed by atoms with Crippen LogP contribution in [0.4, 0.5) is 0 Å². The molecule has 3 aromatic rings. The molecule has 0 fully saturated rings. The van der Waals surface area contributed by atoms with Gasteiger partial charge in [0.15, 0.2) is 6.61 Å². The Bertz CT molecular complexity index is 784. The second-order valence-electron chi connectivity index (χ2n) is 4.49. The summed E-state index contributed by atoms with van der Waals surface area (Å²) < 4.78 is 10.5. The van der Waals surface area contributed by atoms with Gasteiger partial charge >= 0.3 is 5.97 Å². The van der Waals surface area contributed by atoms with Crippen LogP contribution in [0.15, 0.2) is 59.0 Å². The lowest BCUT2D eigenvalue weighted by Crippen LogP contribution is -2.05. The van der Waals surface area contributed by atoms with Crippen LogP contribution in [0.5, 0.6) is 5.75 Å². The van der Waals surface area contributed by atoms with Gasteiger partial charge in [0.25, 0.3) is 5.89 Å². The van der Waals surface area contributed by atoms with Crippen molar-refractivity contribution in [3.63, 3.8) is 0 Å². The lowest BCUT2D eigenvalue weighted by Gasteiger charge is -2.02. The molecule has 0 radical (unpaired) electrons. The molecule has 1 N–H and O–H groups in total. The first-order valence-electron chi connectivity index (χ1n) is 6.56. The predicted octanol–water partition coefficient (Wildman–Crippen LogP) is 2.80. The predicted molar refractivity (Wildman–Crippen MR) is 77.0 cm³/mol. The molecule has 0 bridgehead atoms. The summed E-state index contributed by atoms with van der Waals surface area (Å²) in [7, 11) is 0. The highest BCUT2D eigenvalue weighted by molar-refractivity contribution is 5.89. The number of rotatable bonds is 4. The number of hydrogen-bond donors (Lipinski definition) is 1. The summed E-state index contributed by atoms with van der Waals surface area (Å²) in [6.45, 7) is -0.131. The molecule has 6 heteroatoms. The molecular weight excluding hydrogens is 284 g/mol. The highest BCUT2D eigenvalue weighted by Crippen LogP contribution is 2.18. The summed E-state index contributed by atoms with van der Waals surface area (Å²) in [6.07, 6.45) is 0. The van der Waals surface area contributed by atoms with Crippen LogP contribution in [0, 0.1) is 0 Å². The molecule has 110 valence electrons. The number of ether oxygens (including phenoxy) is 1. The van der Waals surface area contributed by atoms with Gasteiger partial charge in [-0.1, -0.05) is 24.3 Å². The number of phenolic OH excluding ortho intramolecular Hbond substituents is 1. The minimum atomic E-state index is -0.574. The highest BCUT2D eigenvalue weighted by Gasteiger charge is 2.12. The van der Waals surface area contributed by atoms with E-state index in [2.05, 4.69) is 10.2 Å². The Morgan fingerprint density at radius 2 is 1.91 bits per heavy atom. The maximum Gasteiger partial charge on any atom is 0.338 e. The number of carbonyl (C=O) groups excluding carboxylic acids is 1. The molecule has 2 aromatic carbocycles. The number of nitrogens with zero attached hydrogens (tertiary/aromatic N) is 2. The molecule has 1 heterocycles. The zero-order valence-electron chi connectivity index (χ0n) is 11.5. The zero-order valence-corrected chi connectivity index (χ0v) is 11.5. The van der Waals surface area contributed by atoms with Gasteiger partial charge in [0.2, 0.25) is 5.89 Å². The third-order valence-electron chi connectivity index (χ3n) is 2.90. The van der Waals surface area contributed by atoms with Crippen LogP contribution < -0.4 is 0 Å². The Balaban J connectivity index is 1.65. The van der Waals surface area contributed by atoms with E-state index in [-0.39, 0.29) is 23.8 Å². The first kappa shape index (κ1) is 13.8. The van der Waals surface area contributed by atoms with Gasteiger partial charge in [-0.25, -0.2) is 4.79 Å². The molecule has 0 saturated heterocycles. The van der Waals surface area contributed by atoms with E-state index >= 15 is 0 Å². The van der Waals surface area contributed by atoms with Crippen LogP contribution in [-0.4, -0.2) is 21.3 Å². The second-order valence-corrected chi connectivity index (χ2v) is 4.49. The standard InChI is InChI=1S/C16H12N2O4/c19-13-8-4-7-12(9-13)16(20)21-10-14-17-18-15(22-14)11-5-2-1-3-6-11/h1-9,19H,10H2. The lowest BCUT2D eigenvalue weighted by molar-refractivity contribution is 0.0438. The molecule has 22 heavy (non-hydrogen) atoms. The molecule has 0 aliphatic rings. The summed E-state index contributed by atoms with van der Waals surface area (Å²) >= 11 is 0. The molecule has 0 atom stereocenters. The number of hydrogen-bond acceptors (Lipinski definition) is 6. The van der Waals surface area contributed by atoms with Gasteiger partial charge in [0.05, 0.1) is 5.56 Å². The normalized spacial score (nSPS) is 10.4. The molecule has 0 spiro atoms. The Labute approximate surface area is 126 Å². The molecule has 0 aliphatic heterocycles. The Hall–Kier alpha value is -3.15. The van der Waals surface area contributed by atoms with Crippen molar-refractivity contribution in [3.8, 4) is 17.2 Å². The molecule has 1 aromatic heterocycles. The number of aromatic hydroxyl groups is 1. The van der Waals surface area contributed by atoms with Gasteiger partial charge in [-0.15, -0.1) is 10.2 Å². The fraction of sp³-hybridized carbons (Fsp3) is 0.0625. The van der Waals surface area contributed by atoms with Crippen molar-refractivity contribution in [2.75, 3.05) is 0 Å². The van der Waals surface area contributed by atoms with Crippen molar-refractivity contribution >= 4 is 5.97 Å². The van der Waals surface area contributed by atoms with Gasteiger partial charge < -0.3 is 14.3 Å². The second kappa shape index (κ2) is 6.09. The SMILES string of the molecule is O=C(OCc1nnc(-c2ccccc2)o1)c1cccc(O)c1. The van der Waals surface area contributed by atoms with Gasteiger partial charge in [-0.05, 0) is 30.3 Å². The van der Waals surface area contributed by atoms with E-state index in [1.54, 1.807) is 12.1 Å². The number of benzene rings is 2. The highest BCUT2D eigenvalue weighted by atomic mass is 16.5. The Morgan fingerprint density at radius 3 is 2.68 bits per heavy atom. The fourth-order valence-corrected chi connectivity index (χ4v) is 1.85. The zero-order chi connectivity index (χ0) is 15.4. The van der Waals surface area contributed by atoms with E-state index in [1.807, 2.05) is 30.3 Å². The first-order valence-corrected chi connectivity index (χ1v) is 6.56. The van der Waals surface area contributed by atoms with Gasteiger partial charge in [0.1, 0.15) is 5.75 Å². The third kappa shape index (κ3) is 3.12. The average Bonchev–Trinajstić information content (AvgIpc) is 3.02.